The second-order valence-corrected chi connectivity index (χ2v) is 13.5. The SMILES string of the molecule is O=C(CCC(=O)OCCOc1ccc(-c2cc(=S)ss2)cc1)OCCOc1ccc(-c2cc(=S)ss2)cc1. The number of rotatable bonds is 13. The van der Waals surface area contributed by atoms with Crippen LogP contribution in [0.15, 0.2) is 60.7 Å². The molecule has 0 aliphatic carbocycles. The van der Waals surface area contributed by atoms with Crippen LogP contribution in [0.3, 0.4) is 0 Å². The van der Waals surface area contributed by atoms with Crippen molar-refractivity contribution in [1.29, 1.82) is 0 Å². The van der Waals surface area contributed by atoms with E-state index in [1.54, 1.807) is 41.4 Å². The first-order chi connectivity index (χ1) is 18.5. The Labute approximate surface area is 244 Å². The van der Waals surface area contributed by atoms with Gasteiger partial charge in [-0.3, -0.25) is 9.59 Å². The summed E-state index contributed by atoms with van der Waals surface area (Å²) >= 11 is 10.3. The van der Waals surface area contributed by atoms with Gasteiger partial charge in [-0.2, -0.15) is 0 Å². The van der Waals surface area contributed by atoms with Crippen molar-refractivity contribution in [1.82, 2.24) is 0 Å². The van der Waals surface area contributed by atoms with E-state index in [1.807, 2.05) is 60.7 Å². The molecule has 0 aliphatic rings. The second kappa shape index (κ2) is 14.6. The van der Waals surface area contributed by atoms with Gasteiger partial charge in [-0.15, -0.1) is 0 Å². The van der Waals surface area contributed by atoms with Crippen molar-refractivity contribution < 1.29 is 28.5 Å². The highest BCUT2D eigenvalue weighted by atomic mass is 32.9. The molecule has 0 unspecified atom stereocenters. The summed E-state index contributed by atoms with van der Waals surface area (Å²) in [5.41, 5.74) is 2.16. The van der Waals surface area contributed by atoms with Crippen LogP contribution in [-0.2, 0) is 19.1 Å². The molecule has 0 spiro atoms. The zero-order valence-corrected chi connectivity index (χ0v) is 24.8. The Morgan fingerprint density at radius 3 is 1.32 bits per heavy atom. The first-order valence-corrected chi connectivity index (χ1v) is 16.6. The number of ether oxygens (including phenoxy) is 4. The van der Waals surface area contributed by atoms with Gasteiger partial charge in [0, 0.05) is 9.75 Å². The smallest absolute Gasteiger partial charge is 0.306 e. The molecule has 0 bridgehead atoms. The number of carbonyl (C=O) groups excluding carboxylic acids is 2. The molecule has 0 fully saturated rings. The van der Waals surface area contributed by atoms with E-state index >= 15 is 0 Å². The van der Waals surface area contributed by atoms with Crippen molar-refractivity contribution in [3.8, 4) is 32.4 Å². The summed E-state index contributed by atoms with van der Waals surface area (Å²) in [7, 11) is 6.43. The van der Waals surface area contributed by atoms with Gasteiger partial charge in [-0.1, -0.05) is 65.8 Å². The minimum absolute atomic E-state index is 0.0575. The lowest BCUT2D eigenvalue weighted by molar-refractivity contribution is -0.151. The summed E-state index contributed by atoms with van der Waals surface area (Å²) < 4.78 is 23.2. The van der Waals surface area contributed by atoms with Crippen LogP contribution in [0, 0.1) is 7.65 Å². The second-order valence-electron chi connectivity index (χ2n) is 7.68. The van der Waals surface area contributed by atoms with Crippen LogP contribution in [-0.4, -0.2) is 38.4 Å². The van der Waals surface area contributed by atoms with Crippen LogP contribution in [0.5, 0.6) is 11.5 Å². The quantitative estimate of drug-likeness (QED) is 0.0642. The zero-order valence-electron chi connectivity index (χ0n) is 19.9. The normalized spacial score (nSPS) is 10.6. The van der Waals surface area contributed by atoms with E-state index < -0.39 is 11.9 Å². The molecule has 2 heterocycles. The van der Waals surface area contributed by atoms with Gasteiger partial charge >= 0.3 is 11.9 Å². The third-order valence-corrected chi connectivity index (χ3v) is 10.8. The van der Waals surface area contributed by atoms with E-state index in [4.69, 9.17) is 43.4 Å². The Hall–Kier alpha value is -2.48. The van der Waals surface area contributed by atoms with Gasteiger partial charge in [0.05, 0.1) is 12.8 Å². The molecule has 0 N–H and O–H groups in total. The highest BCUT2D eigenvalue weighted by Crippen LogP contribution is 2.31. The van der Waals surface area contributed by atoms with E-state index in [0.29, 0.717) is 11.5 Å². The number of carbonyl (C=O) groups is 2. The third kappa shape index (κ3) is 9.07. The highest BCUT2D eigenvalue weighted by molar-refractivity contribution is 7.80. The van der Waals surface area contributed by atoms with E-state index in [0.717, 1.165) is 28.5 Å². The van der Waals surface area contributed by atoms with Crippen LogP contribution in [0.2, 0.25) is 0 Å². The monoisotopic (exact) mass is 622 g/mol. The summed E-state index contributed by atoms with van der Waals surface area (Å²) in [5, 5.41) is 0. The van der Waals surface area contributed by atoms with Crippen LogP contribution in [0.4, 0.5) is 0 Å². The average molecular weight is 623 g/mol. The van der Waals surface area contributed by atoms with Crippen molar-refractivity contribution in [3.05, 3.63) is 68.3 Å². The summed E-state index contributed by atoms with van der Waals surface area (Å²) in [4.78, 5) is 26.0. The molecule has 4 rings (SSSR count). The van der Waals surface area contributed by atoms with Crippen molar-refractivity contribution in [3.63, 3.8) is 0 Å². The lowest BCUT2D eigenvalue weighted by atomic mass is 10.2. The minimum atomic E-state index is -0.481. The van der Waals surface area contributed by atoms with Crippen LogP contribution in [0.25, 0.3) is 20.9 Å². The Balaban J connectivity index is 1.04. The van der Waals surface area contributed by atoms with Gasteiger partial charge in [0.25, 0.3) is 0 Å². The summed E-state index contributed by atoms with van der Waals surface area (Å²) in [6.45, 7) is 0.619. The van der Waals surface area contributed by atoms with Crippen LogP contribution >= 0.6 is 65.8 Å². The predicted octanol–water partition coefficient (Wildman–Crippen LogP) is 8.05. The molecule has 0 amide bonds. The molecule has 2 aromatic carbocycles. The number of hydrogen-bond donors (Lipinski definition) is 0. The maximum atomic E-state index is 11.9. The molecule has 12 heteroatoms. The third-order valence-electron chi connectivity index (χ3n) is 4.97. The highest BCUT2D eigenvalue weighted by Gasteiger charge is 2.10. The largest absolute Gasteiger partial charge is 0.490 e. The van der Waals surface area contributed by atoms with Gasteiger partial charge < -0.3 is 18.9 Å². The number of benzene rings is 2. The van der Waals surface area contributed by atoms with Crippen LogP contribution in [0.1, 0.15) is 12.8 Å². The first kappa shape index (κ1) is 28.5. The van der Waals surface area contributed by atoms with Gasteiger partial charge in [0.2, 0.25) is 0 Å². The van der Waals surface area contributed by atoms with Gasteiger partial charge in [-0.05, 0) is 71.8 Å². The fourth-order valence-electron chi connectivity index (χ4n) is 3.15. The predicted molar refractivity (Wildman–Crippen MR) is 159 cm³/mol. The molecule has 0 aliphatic heterocycles. The summed E-state index contributed by atoms with van der Waals surface area (Å²) in [5.74, 6) is 0.398. The molecule has 0 atom stereocenters. The van der Waals surface area contributed by atoms with Crippen molar-refractivity contribution >= 4 is 77.7 Å². The molecule has 198 valence electrons. The van der Waals surface area contributed by atoms with Gasteiger partial charge in [0.15, 0.2) is 0 Å². The maximum absolute atomic E-state index is 11.9. The molecule has 0 radical (unpaired) electrons. The Kier molecular flexibility index (Phi) is 11.0. The average Bonchev–Trinajstić information content (AvgIpc) is 3.57. The molecular formula is C26H22O6S6. The summed E-state index contributed by atoms with van der Waals surface area (Å²) in [6, 6.07) is 19.3. The molecule has 2 aromatic heterocycles. The van der Waals surface area contributed by atoms with Crippen LogP contribution < -0.4 is 9.47 Å². The Morgan fingerprint density at radius 1 is 0.579 bits per heavy atom. The minimum Gasteiger partial charge on any atom is -0.490 e. The number of esters is 2. The standard InChI is InChI=1S/C26H22O6S6/c27-23(31-13-11-29-19-5-1-17(2-6-19)21-15-25(33)37-35-21)9-10-24(28)32-14-12-30-20-7-3-18(4-8-20)22-16-26(34)38-36-22/h1-8,15-16H,9-14H2. The lowest BCUT2D eigenvalue weighted by Crippen LogP contribution is -2.16. The molecule has 6 nitrogen and oxygen atoms in total. The van der Waals surface area contributed by atoms with E-state index in [1.165, 1.54) is 0 Å². The maximum Gasteiger partial charge on any atom is 0.306 e. The zero-order chi connectivity index (χ0) is 26.7. The Bertz CT molecular complexity index is 1340. The molecular weight excluding hydrogens is 601 g/mol. The molecule has 38 heavy (non-hydrogen) atoms. The van der Waals surface area contributed by atoms with Gasteiger partial charge in [-0.25, -0.2) is 0 Å². The fraction of sp³-hybridized carbons (Fsp3) is 0.231. The van der Waals surface area contributed by atoms with Crippen molar-refractivity contribution in [2.24, 2.45) is 0 Å². The Morgan fingerprint density at radius 2 is 0.974 bits per heavy atom. The lowest BCUT2D eigenvalue weighted by Gasteiger charge is -2.09. The van der Waals surface area contributed by atoms with E-state index in [9.17, 15) is 9.59 Å². The van der Waals surface area contributed by atoms with Crippen molar-refractivity contribution in [2.75, 3.05) is 26.4 Å². The van der Waals surface area contributed by atoms with E-state index in [-0.39, 0.29) is 39.3 Å². The topological polar surface area (TPSA) is 71.1 Å². The summed E-state index contributed by atoms with van der Waals surface area (Å²) in [6.07, 6.45) is -0.115. The molecule has 0 saturated carbocycles. The number of hydrogen-bond acceptors (Lipinski definition) is 12. The van der Waals surface area contributed by atoms with Crippen molar-refractivity contribution in [2.45, 2.75) is 12.8 Å². The van der Waals surface area contributed by atoms with Gasteiger partial charge in [0.1, 0.15) is 45.6 Å². The fourth-order valence-corrected chi connectivity index (χ4v) is 7.96. The molecule has 4 aromatic rings. The molecule has 0 saturated heterocycles. The first-order valence-electron chi connectivity index (χ1n) is 11.4. The van der Waals surface area contributed by atoms with E-state index in [2.05, 4.69) is 0 Å².